The van der Waals surface area contributed by atoms with Crippen LogP contribution in [0.1, 0.15) is 5.56 Å². The number of ether oxygens (including phenoxy) is 1. The molecule has 1 aliphatic heterocycles. The van der Waals surface area contributed by atoms with Crippen molar-refractivity contribution in [2.24, 2.45) is 0 Å². The highest BCUT2D eigenvalue weighted by Crippen LogP contribution is 2.31. The zero-order valence-electron chi connectivity index (χ0n) is 13.5. The maximum Gasteiger partial charge on any atom is 0.416 e. The van der Waals surface area contributed by atoms with Gasteiger partial charge >= 0.3 is 12.2 Å². The Morgan fingerprint density at radius 3 is 2.73 bits per heavy atom. The molecule has 26 heavy (non-hydrogen) atoms. The summed E-state index contributed by atoms with van der Waals surface area (Å²) in [5.74, 6) is 0.152. The molecule has 1 aliphatic rings. The van der Waals surface area contributed by atoms with Gasteiger partial charge < -0.3 is 4.74 Å². The van der Waals surface area contributed by atoms with Crippen molar-refractivity contribution in [3.05, 3.63) is 42.2 Å². The number of carbonyl (C=O) groups excluding carboxylic acids is 1. The summed E-state index contributed by atoms with van der Waals surface area (Å²) in [4.78, 5) is 25.4. The van der Waals surface area contributed by atoms with Crippen LogP contribution in [-0.2, 0) is 15.8 Å². The third kappa shape index (κ3) is 4.46. The molecule has 2 heterocycles. The quantitative estimate of drug-likeness (QED) is 0.882. The Labute approximate surface area is 146 Å². The monoisotopic (exact) mass is 368 g/mol. The lowest BCUT2D eigenvalue weighted by Crippen LogP contribution is -2.36. The van der Waals surface area contributed by atoms with Gasteiger partial charge in [0.2, 0.25) is 0 Å². The number of urea groups is 1. The number of anilines is 1. The molecule has 10 heteroatoms. The van der Waals surface area contributed by atoms with E-state index in [2.05, 4.69) is 15.3 Å². The summed E-state index contributed by atoms with van der Waals surface area (Å²) in [7, 11) is 0. The van der Waals surface area contributed by atoms with Gasteiger partial charge in [-0.3, -0.25) is 15.1 Å². The van der Waals surface area contributed by atoms with Crippen LogP contribution in [0.5, 0.6) is 0 Å². The van der Waals surface area contributed by atoms with Crippen LogP contribution in [-0.4, -0.2) is 47.4 Å². The van der Waals surface area contributed by atoms with Gasteiger partial charge in [-0.05, 0) is 12.1 Å². The standard InChI is InChI=1S/C16H15F3N4O3/c17-16(18,19)12-3-1-2-11(8-12)13-9-21-14(10-20-13)22-15(24)23-4-5-25-6-7-26-23/h1-3,8-10H,4-7H2,(H,21,22,24). The highest BCUT2D eigenvalue weighted by Gasteiger charge is 2.30. The summed E-state index contributed by atoms with van der Waals surface area (Å²) >= 11 is 0. The molecular formula is C16H15F3N4O3. The molecule has 0 unspecified atom stereocenters. The average Bonchev–Trinajstić information content (AvgIpc) is 2.91. The SMILES string of the molecule is O=C(Nc1cnc(-c2cccc(C(F)(F)F)c2)cn1)N1CCOCCO1. The summed E-state index contributed by atoms with van der Waals surface area (Å²) in [6.45, 7) is 1.28. The van der Waals surface area contributed by atoms with Crippen molar-refractivity contribution in [2.75, 3.05) is 31.7 Å². The molecule has 0 aliphatic carbocycles. The van der Waals surface area contributed by atoms with Gasteiger partial charge in [-0.15, -0.1) is 0 Å². The van der Waals surface area contributed by atoms with E-state index in [1.807, 2.05) is 0 Å². The number of halogens is 3. The molecule has 1 fully saturated rings. The van der Waals surface area contributed by atoms with E-state index in [4.69, 9.17) is 9.57 Å². The van der Waals surface area contributed by atoms with Crippen molar-refractivity contribution in [3.8, 4) is 11.3 Å². The lowest BCUT2D eigenvalue weighted by Gasteiger charge is -2.18. The normalized spacial score (nSPS) is 15.4. The Morgan fingerprint density at radius 2 is 2.00 bits per heavy atom. The van der Waals surface area contributed by atoms with Gasteiger partial charge in [0.15, 0.2) is 5.82 Å². The molecule has 0 atom stereocenters. The largest absolute Gasteiger partial charge is 0.416 e. The molecule has 1 N–H and O–H groups in total. The van der Waals surface area contributed by atoms with Crippen molar-refractivity contribution in [1.82, 2.24) is 15.0 Å². The van der Waals surface area contributed by atoms with Crippen molar-refractivity contribution >= 4 is 11.8 Å². The van der Waals surface area contributed by atoms with Crippen LogP contribution < -0.4 is 5.32 Å². The molecule has 0 spiro atoms. The van der Waals surface area contributed by atoms with Crippen LogP contribution in [0.2, 0.25) is 0 Å². The van der Waals surface area contributed by atoms with E-state index in [1.54, 1.807) is 0 Å². The first-order valence-corrected chi connectivity index (χ1v) is 7.72. The molecule has 1 aromatic carbocycles. The van der Waals surface area contributed by atoms with E-state index < -0.39 is 17.8 Å². The summed E-state index contributed by atoms with van der Waals surface area (Å²) < 4.78 is 43.5. The van der Waals surface area contributed by atoms with E-state index in [-0.39, 0.29) is 30.2 Å². The van der Waals surface area contributed by atoms with Crippen LogP contribution >= 0.6 is 0 Å². The van der Waals surface area contributed by atoms with Gasteiger partial charge in [0, 0.05) is 5.56 Å². The number of hydrogen-bond donors (Lipinski definition) is 1. The minimum Gasteiger partial charge on any atom is -0.377 e. The van der Waals surface area contributed by atoms with Gasteiger partial charge in [-0.1, -0.05) is 12.1 Å². The molecule has 0 saturated carbocycles. The Hall–Kier alpha value is -2.72. The highest BCUT2D eigenvalue weighted by molar-refractivity contribution is 5.87. The number of hydroxylamine groups is 2. The number of nitrogens with zero attached hydrogens (tertiary/aromatic N) is 3. The molecule has 3 rings (SSSR count). The van der Waals surface area contributed by atoms with Crippen molar-refractivity contribution < 1.29 is 27.5 Å². The molecule has 1 saturated heterocycles. The smallest absolute Gasteiger partial charge is 0.377 e. The second kappa shape index (κ2) is 7.67. The molecule has 0 radical (unpaired) electrons. The fourth-order valence-electron chi connectivity index (χ4n) is 2.25. The number of carbonyl (C=O) groups is 1. The maximum atomic E-state index is 12.8. The Morgan fingerprint density at radius 1 is 1.15 bits per heavy atom. The van der Waals surface area contributed by atoms with E-state index >= 15 is 0 Å². The lowest BCUT2D eigenvalue weighted by molar-refractivity contribution is -0.137. The molecule has 2 amide bonds. The van der Waals surface area contributed by atoms with E-state index in [1.165, 1.54) is 24.5 Å². The summed E-state index contributed by atoms with van der Waals surface area (Å²) in [6, 6.07) is 4.25. The van der Waals surface area contributed by atoms with Crippen LogP contribution in [0.25, 0.3) is 11.3 Å². The summed E-state index contributed by atoms with van der Waals surface area (Å²) in [5, 5.41) is 3.63. The third-order valence-electron chi connectivity index (χ3n) is 3.51. The average molecular weight is 368 g/mol. The first-order valence-electron chi connectivity index (χ1n) is 7.72. The molecule has 2 aromatic rings. The predicted molar refractivity (Wildman–Crippen MR) is 85.0 cm³/mol. The molecule has 1 aromatic heterocycles. The first-order chi connectivity index (χ1) is 12.4. The second-order valence-corrected chi connectivity index (χ2v) is 5.34. The van der Waals surface area contributed by atoms with Gasteiger partial charge in [-0.25, -0.2) is 14.8 Å². The van der Waals surface area contributed by atoms with Crippen molar-refractivity contribution in [2.45, 2.75) is 6.18 Å². The summed E-state index contributed by atoms with van der Waals surface area (Å²) in [6.07, 6.45) is -1.88. The maximum absolute atomic E-state index is 12.8. The number of alkyl halides is 3. The molecule has 7 nitrogen and oxygen atoms in total. The van der Waals surface area contributed by atoms with Crippen LogP contribution in [0.3, 0.4) is 0 Å². The topological polar surface area (TPSA) is 76.6 Å². The summed E-state index contributed by atoms with van der Waals surface area (Å²) in [5.41, 5.74) is -0.235. The van der Waals surface area contributed by atoms with Crippen LogP contribution in [0.4, 0.5) is 23.8 Å². The lowest BCUT2D eigenvalue weighted by atomic mass is 10.1. The minimum atomic E-state index is -4.44. The first kappa shape index (κ1) is 18.1. The Bertz CT molecular complexity index is 760. The molecular weight excluding hydrogens is 353 g/mol. The number of rotatable bonds is 2. The van der Waals surface area contributed by atoms with Crippen LogP contribution in [0.15, 0.2) is 36.7 Å². The van der Waals surface area contributed by atoms with Gasteiger partial charge in [0.25, 0.3) is 0 Å². The second-order valence-electron chi connectivity index (χ2n) is 5.34. The Kier molecular flexibility index (Phi) is 5.33. The van der Waals surface area contributed by atoms with Gasteiger partial charge in [0.05, 0.1) is 50.0 Å². The fraction of sp³-hybridized carbons (Fsp3) is 0.312. The number of hydrogen-bond acceptors (Lipinski definition) is 5. The van der Waals surface area contributed by atoms with Gasteiger partial charge in [0.1, 0.15) is 0 Å². The predicted octanol–water partition coefficient (Wildman–Crippen LogP) is 2.96. The number of nitrogens with one attached hydrogen (secondary N) is 1. The highest BCUT2D eigenvalue weighted by atomic mass is 19.4. The van der Waals surface area contributed by atoms with Gasteiger partial charge in [-0.2, -0.15) is 13.2 Å². The number of benzene rings is 1. The molecule has 138 valence electrons. The fourth-order valence-corrected chi connectivity index (χ4v) is 2.25. The van der Waals surface area contributed by atoms with Crippen molar-refractivity contribution in [1.29, 1.82) is 0 Å². The number of aromatic nitrogens is 2. The van der Waals surface area contributed by atoms with E-state index in [9.17, 15) is 18.0 Å². The minimum absolute atomic E-state index is 0.152. The molecule has 0 bridgehead atoms. The van der Waals surface area contributed by atoms with E-state index in [0.29, 0.717) is 13.2 Å². The Balaban J connectivity index is 1.69. The zero-order chi connectivity index (χ0) is 18.6. The third-order valence-corrected chi connectivity index (χ3v) is 3.51. The van der Waals surface area contributed by atoms with E-state index in [0.717, 1.165) is 17.2 Å². The van der Waals surface area contributed by atoms with Crippen LogP contribution in [0, 0.1) is 0 Å². The zero-order valence-corrected chi connectivity index (χ0v) is 13.5. The number of amides is 2. The van der Waals surface area contributed by atoms with Crippen molar-refractivity contribution in [3.63, 3.8) is 0 Å².